The Balaban J connectivity index is 1.73. The van der Waals surface area contributed by atoms with Crippen LogP contribution in [0.4, 0.5) is 0 Å². The molecule has 0 radical (unpaired) electrons. The van der Waals surface area contributed by atoms with Crippen molar-refractivity contribution < 1.29 is 0 Å². The number of rotatable bonds is 2. The summed E-state index contributed by atoms with van der Waals surface area (Å²) in [5.74, 6) is 0.563. The molecular weight excluding hydrogens is 408 g/mol. The molecule has 0 spiro atoms. The van der Waals surface area contributed by atoms with Gasteiger partial charge in [-0.05, 0) is 145 Å². The minimum atomic E-state index is 0.563. The number of benzene rings is 4. The summed E-state index contributed by atoms with van der Waals surface area (Å²) in [5.41, 5.74) is 15.3. The van der Waals surface area contributed by atoms with E-state index in [1.54, 1.807) is 0 Å². The number of allylic oxidation sites excluding steroid dienone is 4. The van der Waals surface area contributed by atoms with Crippen molar-refractivity contribution in [3.8, 4) is 11.1 Å². The maximum atomic E-state index is 2.45. The van der Waals surface area contributed by atoms with Crippen LogP contribution in [0.25, 0.3) is 38.2 Å². The molecule has 1 aliphatic carbocycles. The quantitative estimate of drug-likeness (QED) is 0.270. The normalized spacial score (nSPS) is 16.5. The molecule has 1 unspecified atom stereocenters. The second kappa shape index (κ2) is 8.27. The molecule has 0 heteroatoms. The molecule has 5 rings (SSSR count). The summed E-state index contributed by atoms with van der Waals surface area (Å²) in [5, 5.41) is 5.47. The Morgan fingerprint density at radius 2 is 1.15 bits per heavy atom. The van der Waals surface area contributed by atoms with Gasteiger partial charge in [0.25, 0.3) is 0 Å². The largest absolute Gasteiger partial charge is 0.0725 e. The SMILES string of the molecule is CC1=CC(C)=C(c2ccc3c(c2)c(C)c(C)c2cc(-c4c(C)cc(C)cc4C)ccc23)C(C)C1. The lowest BCUT2D eigenvalue weighted by molar-refractivity contribution is 0.721. The van der Waals surface area contributed by atoms with Gasteiger partial charge in [-0.25, -0.2) is 0 Å². The van der Waals surface area contributed by atoms with Crippen molar-refractivity contribution in [1.29, 1.82) is 0 Å². The van der Waals surface area contributed by atoms with E-state index in [0.29, 0.717) is 5.92 Å². The molecule has 0 N–H and O–H groups in total. The predicted molar refractivity (Wildman–Crippen MR) is 151 cm³/mol. The van der Waals surface area contributed by atoms with Crippen LogP contribution in [0.2, 0.25) is 0 Å². The fourth-order valence-electron chi connectivity index (χ4n) is 6.53. The molecule has 172 valence electrons. The fraction of sp³-hybridized carbons (Fsp3) is 0.294. The molecule has 0 heterocycles. The van der Waals surface area contributed by atoms with Crippen molar-refractivity contribution in [3.63, 3.8) is 0 Å². The van der Waals surface area contributed by atoms with Gasteiger partial charge in [-0.3, -0.25) is 0 Å². The summed E-state index contributed by atoms with van der Waals surface area (Å²) in [6.07, 6.45) is 3.52. The molecule has 0 aromatic heterocycles. The van der Waals surface area contributed by atoms with E-state index in [-0.39, 0.29) is 0 Å². The van der Waals surface area contributed by atoms with Gasteiger partial charge in [-0.2, -0.15) is 0 Å². The smallest absolute Gasteiger partial charge is 0.0102 e. The number of hydrogen-bond acceptors (Lipinski definition) is 0. The van der Waals surface area contributed by atoms with Crippen LogP contribution in [0.5, 0.6) is 0 Å². The molecule has 4 aromatic rings. The molecule has 0 aliphatic heterocycles. The minimum Gasteiger partial charge on any atom is -0.0725 e. The van der Waals surface area contributed by atoms with Gasteiger partial charge in [0.15, 0.2) is 0 Å². The molecule has 1 aliphatic rings. The van der Waals surface area contributed by atoms with E-state index in [2.05, 4.69) is 110 Å². The summed E-state index contributed by atoms with van der Waals surface area (Å²) in [7, 11) is 0. The van der Waals surface area contributed by atoms with Crippen LogP contribution < -0.4 is 0 Å². The van der Waals surface area contributed by atoms with Crippen LogP contribution in [0, 0.1) is 40.5 Å². The molecule has 0 bridgehead atoms. The van der Waals surface area contributed by atoms with Gasteiger partial charge in [0.1, 0.15) is 0 Å². The van der Waals surface area contributed by atoms with Crippen molar-refractivity contribution in [2.24, 2.45) is 5.92 Å². The zero-order chi connectivity index (χ0) is 24.3. The molecule has 4 aromatic carbocycles. The van der Waals surface area contributed by atoms with E-state index in [1.807, 2.05) is 0 Å². The lowest BCUT2D eigenvalue weighted by Gasteiger charge is -2.24. The first-order valence-electron chi connectivity index (χ1n) is 12.6. The highest BCUT2D eigenvalue weighted by Crippen LogP contribution is 2.40. The highest BCUT2D eigenvalue weighted by Gasteiger charge is 2.20. The molecule has 34 heavy (non-hydrogen) atoms. The Kier molecular flexibility index (Phi) is 5.52. The van der Waals surface area contributed by atoms with E-state index in [9.17, 15) is 0 Å². The third-order valence-corrected chi connectivity index (χ3v) is 7.99. The Morgan fingerprint density at radius 1 is 0.618 bits per heavy atom. The first kappa shape index (κ1) is 22.7. The molecule has 0 amide bonds. The van der Waals surface area contributed by atoms with Crippen LogP contribution in [-0.4, -0.2) is 0 Å². The van der Waals surface area contributed by atoms with Gasteiger partial charge in [-0.15, -0.1) is 0 Å². The zero-order valence-corrected chi connectivity index (χ0v) is 22.0. The summed E-state index contributed by atoms with van der Waals surface area (Å²) in [4.78, 5) is 0. The minimum absolute atomic E-state index is 0.563. The number of hydrogen-bond donors (Lipinski definition) is 0. The maximum Gasteiger partial charge on any atom is -0.0102 e. The summed E-state index contributed by atoms with van der Waals surface area (Å²) < 4.78 is 0. The van der Waals surface area contributed by atoms with E-state index >= 15 is 0 Å². The van der Waals surface area contributed by atoms with Crippen molar-refractivity contribution >= 4 is 27.1 Å². The predicted octanol–water partition coefficient (Wildman–Crippen LogP) is 9.96. The van der Waals surface area contributed by atoms with Crippen molar-refractivity contribution in [3.05, 3.63) is 99.1 Å². The summed E-state index contributed by atoms with van der Waals surface area (Å²) >= 11 is 0. The monoisotopic (exact) mass is 444 g/mol. The van der Waals surface area contributed by atoms with E-state index in [1.165, 1.54) is 82.8 Å². The first-order valence-corrected chi connectivity index (χ1v) is 12.6. The summed E-state index contributed by atoms with van der Waals surface area (Å²) in [6, 6.07) is 18.8. The van der Waals surface area contributed by atoms with E-state index < -0.39 is 0 Å². The summed E-state index contributed by atoms with van der Waals surface area (Å²) in [6.45, 7) is 18.1. The standard InChI is InChI=1S/C34H36/c1-19-13-21(3)33(22(4)14-19)27-9-11-29-30-12-10-28(34-23(5)15-20(2)16-24(34)6)18-32(30)26(8)25(7)31(29)17-27/h9-15,17-18,24H,16H2,1-8H3. The van der Waals surface area contributed by atoms with Crippen molar-refractivity contribution in [1.82, 2.24) is 0 Å². The van der Waals surface area contributed by atoms with Gasteiger partial charge in [0, 0.05) is 0 Å². The lowest BCUT2D eigenvalue weighted by atomic mass is 9.80. The Hall–Kier alpha value is -3.12. The fourth-order valence-corrected chi connectivity index (χ4v) is 6.53. The van der Waals surface area contributed by atoms with Gasteiger partial charge in [-0.1, -0.05) is 60.5 Å². The van der Waals surface area contributed by atoms with Gasteiger partial charge in [0.2, 0.25) is 0 Å². The third-order valence-electron chi connectivity index (χ3n) is 7.99. The highest BCUT2D eigenvalue weighted by atomic mass is 14.2. The van der Waals surface area contributed by atoms with Crippen molar-refractivity contribution in [2.45, 2.75) is 61.8 Å². The van der Waals surface area contributed by atoms with E-state index in [0.717, 1.165) is 6.42 Å². The van der Waals surface area contributed by atoms with E-state index in [4.69, 9.17) is 0 Å². The highest BCUT2D eigenvalue weighted by molar-refractivity contribution is 6.12. The van der Waals surface area contributed by atoms with Crippen LogP contribution in [0.1, 0.15) is 60.6 Å². The van der Waals surface area contributed by atoms with Crippen LogP contribution in [-0.2, 0) is 0 Å². The van der Waals surface area contributed by atoms with Gasteiger partial charge >= 0.3 is 0 Å². The average Bonchev–Trinajstić information content (AvgIpc) is 2.76. The second-order valence-electron chi connectivity index (χ2n) is 10.7. The number of fused-ring (bicyclic) bond motifs is 3. The molecule has 0 fully saturated rings. The van der Waals surface area contributed by atoms with Crippen molar-refractivity contribution in [2.75, 3.05) is 0 Å². The van der Waals surface area contributed by atoms with Gasteiger partial charge < -0.3 is 0 Å². The van der Waals surface area contributed by atoms with Gasteiger partial charge in [0.05, 0.1) is 0 Å². The Morgan fingerprint density at radius 3 is 1.71 bits per heavy atom. The second-order valence-corrected chi connectivity index (χ2v) is 10.7. The Labute approximate surface area is 205 Å². The third kappa shape index (κ3) is 3.61. The topological polar surface area (TPSA) is 0 Å². The Bertz CT molecular complexity index is 1520. The molecule has 0 nitrogen and oxygen atoms in total. The first-order chi connectivity index (χ1) is 16.2. The lowest BCUT2D eigenvalue weighted by Crippen LogP contribution is -2.06. The average molecular weight is 445 g/mol. The molecule has 0 saturated carbocycles. The van der Waals surface area contributed by atoms with Crippen LogP contribution in [0.3, 0.4) is 0 Å². The zero-order valence-electron chi connectivity index (χ0n) is 22.0. The molecule has 0 saturated heterocycles. The molecule has 1 atom stereocenters. The maximum absolute atomic E-state index is 2.45. The molecular formula is C34H36. The van der Waals surface area contributed by atoms with Crippen LogP contribution >= 0.6 is 0 Å². The van der Waals surface area contributed by atoms with Crippen LogP contribution in [0.15, 0.2) is 65.8 Å². The number of aryl methyl sites for hydroxylation is 5.